The van der Waals surface area contributed by atoms with Gasteiger partial charge in [0.05, 0.1) is 0 Å². The molecule has 1 unspecified atom stereocenters. The van der Waals surface area contributed by atoms with Gasteiger partial charge in [0.15, 0.2) is 17.5 Å². The Labute approximate surface area is 318 Å². The van der Waals surface area contributed by atoms with E-state index in [4.69, 9.17) is 19.4 Å². The van der Waals surface area contributed by atoms with Crippen LogP contribution in [-0.2, 0) is 0 Å². The lowest BCUT2D eigenvalue weighted by Crippen LogP contribution is -2.11. The summed E-state index contributed by atoms with van der Waals surface area (Å²) in [6.45, 7) is 0. The number of fused-ring (bicyclic) bond motifs is 9. The highest BCUT2D eigenvalue weighted by molar-refractivity contribution is 6.07. The van der Waals surface area contributed by atoms with E-state index in [1.54, 1.807) is 0 Å². The van der Waals surface area contributed by atoms with Gasteiger partial charge >= 0.3 is 0 Å². The Balaban J connectivity index is 0.977. The van der Waals surface area contributed by atoms with Crippen LogP contribution in [-0.4, -0.2) is 15.0 Å². The van der Waals surface area contributed by atoms with E-state index in [0.29, 0.717) is 23.4 Å². The molecule has 1 atom stereocenters. The van der Waals surface area contributed by atoms with Crippen molar-refractivity contribution < 1.29 is 4.42 Å². The molecular weight excluding hydrogens is 671 g/mol. The lowest BCUT2D eigenvalue weighted by molar-refractivity contribution is 0.669. The summed E-state index contributed by atoms with van der Waals surface area (Å²) in [5, 5.41) is 2.15. The van der Waals surface area contributed by atoms with Crippen LogP contribution < -0.4 is 0 Å². The zero-order chi connectivity index (χ0) is 36.3. The van der Waals surface area contributed by atoms with Crippen LogP contribution in [0.5, 0.6) is 0 Å². The smallest absolute Gasteiger partial charge is 0.164 e. The molecule has 0 saturated heterocycles. The molecule has 0 fully saturated rings. The van der Waals surface area contributed by atoms with Crippen molar-refractivity contribution in [1.82, 2.24) is 15.0 Å². The molecule has 7 aromatic carbocycles. The Kier molecular flexibility index (Phi) is 7.27. The first-order chi connectivity index (χ1) is 27.2. The molecule has 0 amide bonds. The number of aromatic nitrogens is 3. The molecule has 0 aliphatic heterocycles. The fraction of sp³-hybridized carbons (Fsp3) is 0.0392. The number of rotatable bonds is 5. The van der Waals surface area contributed by atoms with E-state index in [1.807, 2.05) is 36.4 Å². The maximum atomic E-state index is 6.50. The highest BCUT2D eigenvalue weighted by Crippen LogP contribution is 2.50. The molecule has 0 spiro atoms. The van der Waals surface area contributed by atoms with Gasteiger partial charge in [0, 0.05) is 33.4 Å². The molecule has 4 nitrogen and oxygen atoms in total. The number of benzene rings is 7. The summed E-state index contributed by atoms with van der Waals surface area (Å²) >= 11 is 0. The van der Waals surface area contributed by atoms with Gasteiger partial charge in [-0.05, 0) is 86.8 Å². The van der Waals surface area contributed by atoms with Crippen molar-refractivity contribution in [3.63, 3.8) is 0 Å². The van der Waals surface area contributed by atoms with E-state index < -0.39 is 0 Å². The van der Waals surface area contributed by atoms with Crippen LogP contribution >= 0.6 is 0 Å². The minimum atomic E-state index is 0.360. The van der Waals surface area contributed by atoms with Crippen LogP contribution in [0.2, 0.25) is 0 Å². The van der Waals surface area contributed by atoms with Crippen LogP contribution in [0.25, 0.3) is 95.1 Å². The molecule has 4 heteroatoms. The highest BCUT2D eigenvalue weighted by atomic mass is 16.3. The fourth-order valence-electron chi connectivity index (χ4n) is 8.34. The second-order valence-electron chi connectivity index (χ2n) is 14.3. The van der Waals surface area contributed by atoms with E-state index in [1.165, 1.54) is 44.5 Å². The Morgan fingerprint density at radius 1 is 0.418 bits per heavy atom. The topological polar surface area (TPSA) is 51.8 Å². The molecule has 2 aromatic heterocycles. The standard InChI is InChI=1S/C51H33N3O/c1-3-11-32(12-4-1)33-19-21-35(22-20-33)50-52-49(34-13-5-2-6-14-34)53-51(54-50)38-24-27-44-46-30-37(25-28-47(46)55-48(44)31-38)36-23-26-43-41-17-8-7-15-39(41)40-16-9-10-18-42(40)45(43)29-36/h1-17,19-31,42H,18H2. The van der Waals surface area contributed by atoms with Crippen molar-refractivity contribution in [3.8, 4) is 67.5 Å². The zero-order valence-corrected chi connectivity index (χ0v) is 29.9. The first-order valence-corrected chi connectivity index (χ1v) is 18.8. The second-order valence-corrected chi connectivity index (χ2v) is 14.3. The van der Waals surface area contributed by atoms with E-state index in [9.17, 15) is 0 Å². The molecule has 258 valence electrons. The summed E-state index contributed by atoms with van der Waals surface area (Å²) in [5.74, 6) is 2.21. The van der Waals surface area contributed by atoms with Crippen molar-refractivity contribution >= 4 is 27.5 Å². The molecule has 2 heterocycles. The maximum Gasteiger partial charge on any atom is 0.164 e. The third-order valence-corrected chi connectivity index (χ3v) is 11.1. The Morgan fingerprint density at radius 2 is 1.00 bits per heavy atom. The van der Waals surface area contributed by atoms with Gasteiger partial charge in [-0.1, -0.05) is 152 Å². The normalized spacial score (nSPS) is 14.3. The third kappa shape index (κ3) is 5.42. The number of furan rings is 1. The average molecular weight is 704 g/mol. The molecule has 9 aromatic rings. The molecular formula is C51H33N3O. The van der Waals surface area contributed by atoms with Gasteiger partial charge < -0.3 is 4.42 Å². The van der Waals surface area contributed by atoms with Gasteiger partial charge in [-0.25, -0.2) is 15.0 Å². The lowest BCUT2D eigenvalue weighted by Gasteiger charge is -2.32. The molecule has 55 heavy (non-hydrogen) atoms. The predicted molar refractivity (Wildman–Crippen MR) is 224 cm³/mol. The summed E-state index contributed by atoms with van der Waals surface area (Å²) in [7, 11) is 0. The van der Waals surface area contributed by atoms with Gasteiger partial charge in [0.25, 0.3) is 0 Å². The predicted octanol–water partition coefficient (Wildman–Crippen LogP) is 13.2. The average Bonchev–Trinajstić information content (AvgIpc) is 3.64. The molecule has 0 radical (unpaired) electrons. The molecule has 2 aliphatic carbocycles. The number of allylic oxidation sites excluding steroid dienone is 4. The number of hydrogen-bond acceptors (Lipinski definition) is 4. The van der Waals surface area contributed by atoms with E-state index in [0.717, 1.165) is 50.6 Å². The first-order valence-electron chi connectivity index (χ1n) is 18.8. The number of hydrogen-bond donors (Lipinski definition) is 0. The Hall–Kier alpha value is -7.17. The van der Waals surface area contributed by atoms with Crippen molar-refractivity contribution in [2.45, 2.75) is 12.3 Å². The minimum absolute atomic E-state index is 0.360. The number of nitrogens with zero attached hydrogens (tertiary/aromatic N) is 3. The van der Waals surface area contributed by atoms with Gasteiger partial charge in [-0.15, -0.1) is 0 Å². The summed E-state index contributed by atoms with van der Waals surface area (Å²) < 4.78 is 6.50. The van der Waals surface area contributed by atoms with Crippen molar-refractivity contribution in [2.75, 3.05) is 0 Å². The van der Waals surface area contributed by atoms with E-state index in [-0.39, 0.29) is 0 Å². The van der Waals surface area contributed by atoms with Crippen molar-refractivity contribution in [2.24, 2.45) is 0 Å². The summed E-state index contributed by atoms with van der Waals surface area (Å²) in [6.07, 6.45) is 7.80. The van der Waals surface area contributed by atoms with Crippen LogP contribution in [0.15, 0.2) is 186 Å². The SMILES string of the molecule is C1=CCC2C(=C1)c1ccccc1-c1ccc(-c3ccc4oc5cc(-c6nc(-c7ccccc7)nc(-c7ccc(-c8ccccc8)cc7)n6)ccc5c4c3)cc12. The van der Waals surface area contributed by atoms with Crippen LogP contribution in [0.3, 0.4) is 0 Å². The quantitative estimate of drug-likeness (QED) is 0.179. The highest BCUT2D eigenvalue weighted by Gasteiger charge is 2.29. The molecule has 0 N–H and O–H groups in total. The van der Waals surface area contributed by atoms with Gasteiger partial charge in [0.1, 0.15) is 11.2 Å². The zero-order valence-electron chi connectivity index (χ0n) is 29.9. The van der Waals surface area contributed by atoms with Crippen LogP contribution in [0.1, 0.15) is 23.5 Å². The van der Waals surface area contributed by atoms with Crippen molar-refractivity contribution in [3.05, 3.63) is 193 Å². The van der Waals surface area contributed by atoms with Crippen LogP contribution in [0.4, 0.5) is 0 Å². The first kappa shape index (κ1) is 31.4. The molecule has 0 bridgehead atoms. The van der Waals surface area contributed by atoms with E-state index >= 15 is 0 Å². The van der Waals surface area contributed by atoms with Gasteiger partial charge in [0.2, 0.25) is 0 Å². The van der Waals surface area contributed by atoms with Crippen molar-refractivity contribution in [1.29, 1.82) is 0 Å². The Bertz CT molecular complexity index is 2990. The van der Waals surface area contributed by atoms with Gasteiger partial charge in [-0.2, -0.15) is 0 Å². The lowest BCUT2D eigenvalue weighted by atomic mass is 9.72. The minimum Gasteiger partial charge on any atom is -0.456 e. The van der Waals surface area contributed by atoms with Crippen LogP contribution in [0, 0.1) is 0 Å². The summed E-state index contributed by atoms with van der Waals surface area (Å²) in [4.78, 5) is 15.0. The largest absolute Gasteiger partial charge is 0.456 e. The second kappa shape index (κ2) is 12.8. The summed E-state index contributed by atoms with van der Waals surface area (Å²) in [6, 6.07) is 57.5. The monoisotopic (exact) mass is 703 g/mol. The molecule has 2 aliphatic rings. The summed E-state index contributed by atoms with van der Waals surface area (Å²) in [5.41, 5.74) is 15.9. The van der Waals surface area contributed by atoms with Gasteiger partial charge in [-0.3, -0.25) is 0 Å². The molecule has 11 rings (SSSR count). The Morgan fingerprint density at radius 3 is 1.78 bits per heavy atom. The maximum absolute atomic E-state index is 6.50. The molecule has 0 saturated carbocycles. The van der Waals surface area contributed by atoms with E-state index in [2.05, 4.69) is 146 Å². The fourth-order valence-corrected chi connectivity index (χ4v) is 8.34. The third-order valence-electron chi connectivity index (χ3n) is 11.1.